The third kappa shape index (κ3) is 3.92. The van der Waals surface area contributed by atoms with E-state index in [1.165, 1.54) is 21.0 Å². The summed E-state index contributed by atoms with van der Waals surface area (Å²) in [6.45, 7) is 4.81. The molecule has 0 atom stereocenters. The molecule has 0 spiro atoms. The first kappa shape index (κ1) is 20.8. The maximum Gasteiger partial charge on any atom is 0.308 e. The Labute approximate surface area is 179 Å². The van der Waals surface area contributed by atoms with E-state index in [1.807, 2.05) is 32.0 Å². The first-order valence-corrected chi connectivity index (χ1v) is 12.0. The number of nitrogens with one attached hydrogen (secondary N) is 1. The van der Waals surface area contributed by atoms with Crippen molar-refractivity contribution in [3.05, 3.63) is 57.2 Å². The summed E-state index contributed by atoms with van der Waals surface area (Å²) in [5.41, 5.74) is 3.31. The molecule has 0 aliphatic carbocycles. The molecule has 7 nitrogen and oxygen atoms in total. The smallest absolute Gasteiger partial charge is 0.308 e. The minimum Gasteiger partial charge on any atom is -0.324 e. The molecular formula is C21H23N3O4S2. The van der Waals surface area contributed by atoms with Gasteiger partial charge in [-0.25, -0.2) is 8.42 Å². The quantitative estimate of drug-likeness (QED) is 0.654. The maximum atomic E-state index is 12.8. The van der Waals surface area contributed by atoms with Crippen LogP contribution in [0.2, 0.25) is 0 Å². The van der Waals surface area contributed by atoms with Gasteiger partial charge in [-0.2, -0.15) is 4.31 Å². The van der Waals surface area contributed by atoms with Crippen LogP contribution in [-0.2, 0) is 21.4 Å². The lowest BCUT2D eigenvalue weighted by Crippen LogP contribution is -2.27. The molecule has 0 saturated carbocycles. The molecule has 1 saturated heterocycles. The van der Waals surface area contributed by atoms with Crippen LogP contribution in [-0.4, -0.2) is 36.3 Å². The molecule has 3 aromatic rings. The second-order valence-corrected chi connectivity index (χ2v) is 10.5. The molecule has 4 rings (SSSR count). The largest absolute Gasteiger partial charge is 0.324 e. The average Bonchev–Trinajstić information content (AvgIpc) is 3.33. The number of fused-ring (bicyclic) bond motifs is 1. The monoisotopic (exact) mass is 445 g/mol. The zero-order valence-electron chi connectivity index (χ0n) is 16.8. The molecule has 0 bridgehead atoms. The summed E-state index contributed by atoms with van der Waals surface area (Å²) >= 11 is 0.949. The van der Waals surface area contributed by atoms with Crippen molar-refractivity contribution in [2.75, 3.05) is 18.4 Å². The molecule has 1 fully saturated rings. The van der Waals surface area contributed by atoms with Crippen LogP contribution in [0, 0.1) is 13.8 Å². The van der Waals surface area contributed by atoms with Gasteiger partial charge in [0.25, 0.3) is 0 Å². The Kier molecular flexibility index (Phi) is 5.52. The van der Waals surface area contributed by atoms with E-state index >= 15 is 0 Å². The van der Waals surface area contributed by atoms with E-state index in [4.69, 9.17) is 0 Å². The molecule has 1 aromatic heterocycles. The third-order valence-electron chi connectivity index (χ3n) is 5.30. The molecule has 1 N–H and O–H groups in total. The summed E-state index contributed by atoms with van der Waals surface area (Å²) in [6, 6.07) is 10.4. The standard InChI is InChI=1S/C21H23N3O4S2/c1-14-5-7-17(15(2)11-14)22-20(25)13-24-18-8-6-16(12-19(18)29-21(24)26)30(27,28)23-9-3-4-10-23/h5-8,11-12H,3-4,9-10,13H2,1-2H3,(H,22,25). The number of aromatic nitrogens is 1. The zero-order valence-corrected chi connectivity index (χ0v) is 18.5. The molecule has 1 aliphatic heterocycles. The number of nitrogens with zero attached hydrogens (tertiary/aromatic N) is 2. The topological polar surface area (TPSA) is 88.5 Å². The van der Waals surface area contributed by atoms with Gasteiger partial charge in [0, 0.05) is 18.8 Å². The van der Waals surface area contributed by atoms with E-state index in [0.29, 0.717) is 29.0 Å². The Hall–Kier alpha value is -2.49. The lowest BCUT2D eigenvalue weighted by Gasteiger charge is -2.15. The van der Waals surface area contributed by atoms with Gasteiger partial charge >= 0.3 is 4.87 Å². The third-order valence-corrected chi connectivity index (χ3v) is 8.14. The number of amides is 1. The zero-order chi connectivity index (χ0) is 21.5. The van der Waals surface area contributed by atoms with Gasteiger partial charge in [0.1, 0.15) is 6.54 Å². The lowest BCUT2D eigenvalue weighted by atomic mass is 10.1. The predicted octanol–water partition coefficient (Wildman–Crippen LogP) is 3.10. The Morgan fingerprint density at radius 3 is 2.53 bits per heavy atom. The number of rotatable bonds is 5. The molecule has 1 amide bonds. The number of aryl methyl sites for hydroxylation is 2. The second-order valence-electron chi connectivity index (χ2n) is 7.56. The number of thiazole rings is 1. The molecule has 0 radical (unpaired) electrons. The second kappa shape index (κ2) is 7.98. The first-order valence-electron chi connectivity index (χ1n) is 9.76. The summed E-state index contributed by atoms with van der Waals surface area (Å²) in [4.78, 5) is 24.9. The normalized spacial score (nSPS) is 15.0. The Morgan fingerprint density at radius 1 is 1.10 bits per heavy atom. The highest BCUT2D eigenvalue weighted by Crippen LogP contribution is 2.26. The fourth-order valence-electron chi connectivity index (χ4n) is 3.72. The van der Waals surface area contributed by atoms with Gasteiger partial charge in [-0.05, 0) is 56.5 Å². The number of benzene rings is 2. The van der Waals surface area contributed by atoms with Crippen molar-refractivity contribution in [1.29, 1.82) is 0 Å². The van der Waals surface area contributed by atoms with Crippen LogP contribution >= 0.6 is 11.3 Å². The van der Waals surface area contributed by atoms with Crippen LogP contribution < -0.4 is 10.2 Å². The van der Waals surface area contributed by atoms with Crippen molar-refractivity contribution >= 4 is 43.2 Å². The molecule has 2 aromatic carbocycles. The lowest BCUT2D eigenvalue weighted by molar-refractivity contribution is -0.116. The van der Waals surface area contributed by atoms with E-state index < -0.39 is 10.0 Å². The van der Waals surface area contributed by atoms with E-state index in [0.717, 1.165) is 35.3 Å². The van der Waals surface area contributed by atoms with E-state index in [1.54, 1.807) is 6.07 Å². The van der Waals surface area contributed by atoms with Crippen molar-refractivity contribution in [3.63, 3.8) is 0 Å². The Balaban J connectivity index is 1.60. The molecule has 0 unspecified atom stereocenters. The van der Waals surface area contributed by atoms with Gasteiger partial charge in [-0.1, -0.05) is 29.0 Å². The van der Waals surface area contributed by atoms with E-state index in [2.05, 4.69) is 5.32 Å². The predicted molar refractivity (Wildman–Crippen MR) is 119 cm³/mol. The van der Waals surface area contributed by atoms with Crippen molar-refractivity contribution in [2.45, 2.75) is 38.1 Å². The van der Waals surface area contributed by atoms with Crippen LogP contribution in [0.25, 0.3) is 10.2 Å². The number of carbonyl (C=O) groups excluding carboxylic acids is 1. The number of hydrogen-bond donors (Lipinski definition) is 1. The summed E-state index contributed by atoms with van der Waals surface area (Å²) in [7, 11) is -3.56. The van der Waals surface area contributed by atoms with Gasteiger partial charge < -0.3 is 5.32 Å². The Morgan fingerprint density at radius 2 is 1.83 bits per heavy atom. The van der Waals surface area contributed by atoms with Crippen LogP contribution in [0.5, 0.6) is 0 Å². The highest BCUT2D eigenvalue weighted by molar-refractivity contribution is 7.89. The number of carbonyl (C=O) groups is 1. The summed E-state index contributed by atoms with van der Waals surface area (Å²) in [6.07, 6.45) is 1.72. The van der Waals surface area contributed by atoms with Crippen molar-refractivity contribution in [3.8, 4) is 0 Å². The maximum absolute atomic E-state index is 12.8. The molecule has 2 heterocycles. The highest BCUT2D eigenvalue weighted by Gasteiger charge is 2.27. The summed E-state index contributed by atoms with van der Waals surface area (Å²) in [5, 5.41) is 2.84. The SMILES string of the molecule is Cc1ccc(NC(=O)Cn2c(=O)sc3cc(S(=O)(=O)N4CCCC4)ccc32)c(C)c1. The van der Waals surface area contributed by atoms with E-state index in [9.17, 15) is 18.0 Å². The first-order chi connectivity index (χ1) is 14.3. The van der Waals surface area contributed by atoms with Crippen LogP contribution in [0.3, 0.4) is 0 Å². The molecule has 9 heteroatoms. The number of hydrogen-bond acceptors (Lipinski definition) is 5. The minimum absolute atomic E-state index is 0.135. The van der Waals surface area contributed by atoms with Crippen LogP contribution in [0.15, 0.2) is 46.1 Å². The average molecular weight is 446 g/mol. The molecular weight excluding hydrogens is 422 g/mol. The van der Waals surface area contributed by atoms with Crippen LogP contribution in [0.1, 0.15) is 24.0 Å². The van der Waals surface area contributed by atoms with Crippen molar-refractivity contribution in [1.82, 2.24) is 8.87 Å². The van der Waals surface area contributed by atoms with Gasteiger partial charge in [0.15, 0.2) is 0 Å². The number of anilines is 1. The van der Waals surface area contributed by atoms with Crippen LogP contribution in [0.4, 0.5) is 5.69 Å². The fraction of sp³-hybridized carbons (Fsp3) is 0.333. The minimum atomic E-state index is -3.56. The molecule has 1 aliphatic rings. The van der Waals surface area contributed by atoms with Crippen molar-refractivity contribution in [2.24, 2.45) is 0 Å². The van der Waals surface area contributed by atoms with Gasteiger partial charge in [-0.3, -0.25) is 14.2 Å². The summed E-state index contributed by atoms with van der Waals surface area (Å²) in [5.74, 6) is -0.308. The molecule has 158 valence electrons. The van der Waals surface area contributed by atoms with E-state index in [-0.39, 0.29) is 22.2 Å². The summed E-state index contributed by atoms with van der Waals surface area (Å²) < 4.78 is 29.0. The fourth-order valence-corrected chi connectivity index (χ4v) is 6.27. The van der Waals surface area contributed by atoms with Gasteiger partial charge in [-0.15, -0.1) is 0 Å². The molecule has 30 heavy (non-hydrogen) atoms. The Bertz CT molecular complexity index is 1290. The highest BCUT2D eigenvalue weighted by atomic mass is 32.2. The van der Waals surface area contributed by atoms with Gasteiger partial charge in [0.05, 0.1) is 15.1 Å². The number of sulfonamides is 1. The van der Waals surface area contributed by atoms with Gasteiger partial charge in [0.2, 0.25) is 15.9 Å². The van der Waals surface area contributed by atoms with Crippen molar-refractivity contribution < 1.29 is 13.2 Å².